The third-order valence-electron chi connectivity index (χ3n) is 4.14. The first-order valence-electron chi connectivity index (χ1n) is 9.70. The lowest BCUT2D eigenvalue weighted by Gasteiger charge is -2.07. The molecule has 0 amide bonds. The highest BCUT2D eigenvalue weighted by Crippen LogP contribution is 2.13. The molecule has 0 aromatic heterocycles. The summed E-state index contributed by atoms with van der Waals surface area (Å²) in [5.74, 6) is 0. The van der Waals surface area contributed by atoms with Crippen LogP contribution in [0.1, 0.15) is 39.2 Å². The van der Waals surface area contributed by atoms with Crippen molar-refractivity contribution in [2.45, 2.75) is 33.6 Å². The molecule has 0 aliphatic carbocycles. The molecule has 0 radical (unpaired) electrons. The molecule has 28 heavy (non-hydrogen) atoms. The fourth-order valence-corrected chi connectivity index (χ4v) is 2.59. The Labute approximate surface area is 171 Å². The number of nitrogens with one attached hydrogen (secondary N) is 1. The van der Waals surface area contributed by atoms with Crippen molar-refractivity contribution in [3.8, 4) is 0 Å². The van der Waals surface area contributed by atoms with Crippen LogP contribution in [0.4, 0.5) is 0 Å². The lowest BCUT2D eigenvalue weighted by molar-refractivity contribution is 0.926. The first-order chi connectivity index (χ1) is 13.5. The molecule has 0 aliphatic heterocycles. The summed E-state index contributed by atoms with van der Waals surface area (Å²) in [6, 6.07) is 10.4. The molecule has 146 valence electrons. The molecule has 0 bridgehead atoms. The Morgan fingerprint density at radius 1 is 1.00 bits per heavy atom. The van der Waals surface area contributed by atoms with Crippen molar-refractivity contribution < 1.29 is 0 Å². The van der Waals surface area contributed by atoms with E-state index in [0.29, 0.717) is 0 Å². The molecule has 0 aliphatic rings. The summed E-state index contributed by atoms with van der Waals surface area (Å²) < 4.78 is 0. The highest BCUT2D eigenvalue weighted by Gasteiger charge is 1.95. The van der Waals surface area contributed by atoms with E-state index in [-0.39, 0.29) is 0 Å². The van der Waals surface area contributed by atoms with Gasteiger partial charge in [-0.05, 0) is 60.8 Å². The Bertz CT molecular complexity index is 811. The smallest absolute Gasteiger partial charge is 0.0378 e. The van der Waals surface area contributed by atoms with Crippen LogP contribution in [-0.4, -0.2) is 0 Å². The van der Waals surface area contributed by atoms with Gasteiger partial charge in [-0.15, -0.1) is 0 Å². The van der Waals surface area contributed by atoms with Gasteiger partial charge in [-0.1, -0.05) is 93.8 Å². The summed E-state index contributed by atoms with van der Waals surface area (Å²) in [6.45, 7) is 18.2. The molecule has 0 spiro atoms. The van der Waals surface area contributed by atoms with Crippen LogP contribution in [0.3, 0.4) is 0 Å². The summed E-state index contributed by atoms with van der Waals surface area (Å²) in [6.07, 6.45) is 18.2. The molecule has 0 saturated carbocycles. The summed E-state index contributed by atoms with van der Waals surface area (Å²) in [7, 11) is 0. The van der Waals surface area contributed by atoms with Gasteiger partial charge in [0.15, 0.2) is 0 Å². The van der Waals surface area contributed by atoms with Gasteiger partial charge in [-0.2, -0.15) is 0 Å². The first-order valence-corrected chi connectivity index (χ1v) is 9.70. The van der Waals surface area contributed by atoms with Gasteiger partial charge in [-0.25, -0.2) is 0 Å². The molecule has 1 aromatic carbocycles. The third kappa shape index (κ3) is 9.05. The Kier molecular flexibility index (Phi) is 10.8. The lowest BCUT2D eigenvalue weighted by Crippen LogP contribution is -2.08. The average Bonchev–Trinajstić information content (AvgIpc) is 2.70. The summed E-state index contributed by atoms with van der Waals surface area (Å²) in [5.41, 5.74) is 6.52. The van der Waals surface area contributed by atoms with Crippen molar-refractivity contribution in [2.24, 2.45) is 0 Å². The monoisotopic (exact) mass is 371 g/mol. The largest absolute Gasteiger partial charge is 0.356 e. The normalized spacial score (nSPS) is 13.5. The molecule has 0 fully saturated rings. The molecular weight excluding hydrogens is 338 g/mol. The van der Waals surface area contributed by atoms with Gasteiger partial charge in [-0.3, -0.25) is 0 Å². The van der Waals surface area contributed by atoms with E-state index in [2.05, 4.69) is 94.4 Å². The highest BCUT2D eigenvalue weighted by atomic mass is 14.9. The second-order valence-corrected chi connectivity index (χ2v) is 6.64. The van der Waals surface area contributed by atoms with E-state index in [4.69, 9.17) is 0 Å². The third-order valence-corrected chi connectivity index (χ3v) is 4.14. The summed E-state index contributed by atoms with van der Waals surface area (Å²) in [4.78, 5) is 0. The molecule has 1 rings (SSSR count). The Balaban J connectivity index is 2.74. The Morgan fingerprint density at radius 3 is 2.32 bits per heavy atom. The SMILES string of the molecule is C=C/C(=C/C=C(\C=C)NC(=C)/C=C(C)/C=C\C=C(/C)c1ccccc1)CCC. The van der Waals surface area contributed by atoms with Gasteiger partial charge in [0.1, 0.15) is 0 Å². The predicted octanol–water partition coefficient (Wildman–Crippen LogP) is 7.68. The molecule has 1 N–H and O–H groups in total. The van der Waals surface area contributed by atoms with Gasteiger partial charge < -0.3 is 5.32 Å². The van der Waals surface area contributed by atoms with E-state index in [0.717, 1.165) is 29.8 Å². The van der Waals surface area contributed by atoms with E-state index < -0.39 is 0 Å². The Hall–Kier alpha value is -3.06. The molecule has 0 unspecified atom stereocenters. The number of hydrogen-bond acceptors (Lipinski definition) is 1. The number of allylic oxidation sites excluding steroid dienone is 11. The van der Waals surface area contributed by atoms with Crippen molar-refractivity contribution >= 4 is 5.57 Å². The maximum Gasteiger partial charge on any atom is 0.0378 e. The first kappa shape index (κ1) is 23.0. The number of benzene rings is 1. The second-order valence-electron chi connectivity index (χ2n) is 6.64. The van der Waals surface area contributed by atoms with Gasteiger partial charge in [0.25, 0.3) is 0 Å². The molecule has 1 aromatic rings. The van der Waals surface area contributed by atoms with Gasteiger partial charge in [0.05, 0.1) is 0 Å². The van der Waals surface area contributed by atoms with E-state index in [1.807, 2.05) is 24.3 Å². The standard InChI is InChI=1S/C27H33N/c1-7-14-25(8-2)19-20-27(9-3)28-24(6)21-22(4)15-13-16-23(5)26-17-11-10-12-18-26/h8-13,15-21,28H,2-3,6-7,14H2,1,4-5H3/b15-13-,22-21+,23-16+,25-19-,27-20+. The van der Waals surface area contributed by atoms with Crippen LogP contribution >= 0.6 is 0 Å². The van der Waals surface area contributed by atoms with Crippen molar-refractivity contribution in [3.63, 3.8) is 0 Å². The zero-order valence-corrected chi connectivity index (χ0v) is 17.5. The van der Waals surface area contributed by atoms with Crippen molar-refractivity contribution in [1.29, 1.82) is 0 Å². The zero-order valence-electron chi connectivity index (χ0n) is 17.5. The minimum Gasteiger partial charge on any atom is -0.356 e. The van der Waals surface area contributed by atoms with E-state index in [9.17, 15) is 0 Å². The van der Waals surface area contributed by atoms with Crippen LogP contribution in [0.15, 0.2) is 121 Å². The fourth-order valence-electron chi connectivity index (χ4n) is 2.59. The average molecular weight is 372 g/mol. The maximum absolute atomic E-state index is 4.09. The van der Waals surface area contributed by atoms with Crippen LogP contribution in [0, 0.1) is 0 Å². The van der Waals surface area contributed by atoms with Crippen LogP contribution in [0.2, 0.25) is 0 Å². The zero-order chi connectivity index (χ0) is 20.8. The molecular formula is C27H33N. The van der Waals surface area contributed by atoms with Crippen LogP contribution in [0.25, 0.3) is 5.57 Å². The van der Waals surface area contributed by atoms with Crippen molar-refractivity contribution in [2.75, 3.05) is 0 Å². The second kappa shape index (κ2) is 13.2. The minimum absolute atomic E-state index is 0.820. The lowest BCUT2D eigenvalue weighted by atomic mass is 10.1. The molecule has 0 saturated heterocycles. The van der Waals surface area contributed by atoms with Crippen molar-refractivity contribution in [3.05, 3.63) is 127 Å². The number of rotatable bonds is 11. The minimum atomic E-state index is 0.820. The fraction of sp³-hybridized carbons (Fsp3) is 0.185. The molecule has 1 heteroatoms. The highest BCUT2D eigenvalue weighted by molar-refractivity contribution is 5.65. The maximum atomic E-state index is 4.09. The van der Waals surface area contributed by atoms with E-state index >= 15 is 0 Å². The van der Waals surface area contributed by atoms with Gasteiger partial charge >= 0.3 is 0 Å². The van der Waals surface area contributed by atoms with Crippen molar-refractivity contribution in [1.82, 2.24) is 5.32 Å². The number of hydrogen-bond donors (Lipinski definition) is 1. The van der Waals surface area contributed by atoms with Gasteiger partial charge in [0, 0.05) is 11.4 Å². The summed E-state index contributed by atoms with van der Waals surface area (Å²) in [5, 5.41) is 3.29. The molecule has 0 heterocycles. The molecule has 1 nitrogen and oxygen atoms in total. The van der Waals surface area contributed by atoms with Crippen LogP contribution in [-0.2, 0) is 0 Å². The van der Waals surface area contributed by atoms with E-state index in [1.54, 1.807) is 6.08 Å². The quantitative estimate of drug-likeness (QED) is 0.393. The van der Waals surface area contributed by atoms with E-state index in [1.165, 1.54) is 16.7 Å². The van der Waals surface area contributed by atoms with Gasteiger partial charge in [0.2, 0.25) is 0 Å². The predicted molar refractivity (Wildman–Crippen MR) is 127 cm³/mol. The molecule has 0 atom stereocenters. The summed E-state index contributed by atoms with van der Waals surface area (Å²) >= 11 is 0. The van der Waals surface area contributed by atoms with Crippen LogP contribution < -0.4 is 5.32 Å². The van der Waals surface area contributed by atoms with Crippen LogP contribution in [0.5, 0.6) is 0 Å². The topological polar surface area (TPSA) is 12.0 Å². The Morgan fingerprint density at radius 2 is 1.71 bits per heavy atom.